The molecule has 1 aromatic heterocycles. The molecule has 4 N–H and O–H groups in total. The van der Waals surface area contributed by atoms with Crippen molar-refractivity contribution in [2.45, 2.75) is 38.5 Å². The number of rotatable bonds is 4. The maximum atomic E-state index is 10.2. The molecule has 1 saturated carbocycles. The smallest absolute Gasteiger partial charge is 0.165 e. The van der Waals surface area contributed by atoms with Crippen LogP contribution < -0.4 is 11.1 Å². The van der Waals surface area contributed by atoms with Crippen molar-refractivity contribution >= 4 is 5.82 Å². The number of phenols is 1. The van der Waals surface area contributed by atoms with E-state index in [1.165, 1.54) is 0 Å². The quantitative estimate of drug-likeness (QED) is 0.781. The molecule has 3 rings (SSSR count). The molecule has 0 bridgehead atoms. The molecular weight excluding hydrogens is 326 g/mol. The van der Waals surface area contributed by atoms with Gasteiger partial charge in [0.1, 0.15) is 23.2 Å². The molecule has 1 aromatic carbocycles. The van der Waals surface area contributed by atoms with E-state index in [-0.39, 0.29) is 17.5 Å². The molecule has 26 heavy (non-hydrogen) atoms. The minimum Gasteiger partial charge on any atom is -0.507 e. The average Bonchev–Trinajstić information content (AvgIpc) is 2.64. The molecule has 0 atom stereocenters. The Morgan fingerprint density at radius 2 is 2.00 bits per heavy atom. The van der Waals surface area contributed by atoms with Crippen LogP contribution in [0.3, 0.4) is 0 Å². The van der Waals surface area contributed by atoms with Gasteiger partial charge in [-0.1, -0.05) is 11.6 Å². The summed E-state index contributed by atoms with van der Waals surface area (Å²) in [5.74, 6) is 1.55. The summed E-state index contributed by atoms with van der Waals surface area (Å²) >= 11 is 0. The molecule has 1 heterocycles. The van der Waals surface area contributed by atoms with Crippen molar-refractivity contribution in [1.29, 1.82) is 5.26 Å². The first-order valence-electron chi connectivity index (χ1n) is 9.05. The molecule has 0 aliphatic heterocycles. The zero-order valence-corrected chi connectivity index (χ0v) is 15.3. The van der Waals surface area contributed by atoms with Crippen LogP contribution in [0.4, 0.5) is 5.82 Å². The number of hydrogen-bond donors (Lipinski definition) is 3. The lowest BCUT2D eigenvalue weighted by Gasteiger charge is -2.28. The molecule has 136 valence electrons. The summed E-state index contributed by atoms with van der Waals surface area (Å²) in [6.07, 6.45) is 4.17. The van der Waals surface area contributed by atoms with Crippen LogP contribution in [0.5, 0.6) is 5.75 Å². The summed E-state index contributed by atoms with van der Waals surface area (Å²) in [6, 6.07) is 7.47. The fraction of sp³-hybridized carbons (Fsp3) is 0.450. The normalized spacial score (nSPS) is 19.9. The Kier molecular flexibility index (Phi) is 5.38. The van der Waals surface area contributed by atoms with Crippen molar-refractivity contribution in [3.05, 3.63) is 35.0 Å². The van der Waals surface area contributed by atoms with E-state index >= 15 is 0 Å². The van der Waals surface area contributed by atoms with Gasteiger partial charge in [0.15, 0.2) is 5.82 Å². The van der Waals surface area contributed by atoms with E-state index < -0.39 is 0 Å². The number of aryl methyl sites for hydroxylation is 1. The SMILES string of the molecule is CNCC1CCC(c2nc(-c3cc(C)ccc3O)nc(N)c2C#N)CC1. The van der Waals surface area contributed by atoms with E-state index in [1.54, 1.807) is 6.07 Å². The second-order valence-electron chi connectivity index (χ2n) is 7.10. The largest absolute Gasteiger partial charge is 0.507 e. The van der Waals surface area contributed by atoms with Crippen LogP contribution in [0.1, 0.15) is 48.4 Å². The zero-order valence-electron chi connectivity index (χ0n) is 15.3. The van der Waals surface area contributed by atoms with Gasteiger partial charge in [0.2, 0.25) is 0 Å². The van der Waals surface area contributed by atoms with Crippen molar-refractivity contribution in [3.8, 4) is 23.2 Å². The van der Waals surface area contributed by atoms with Crippen LogP contribution >= 0.6 is 0 Å². The van der Waals surface area contributed by atoms with Gasteiger partial charge in [-0.3, -0.25) is 0 Å². The zero-order chi connectivity index (χ0) is 18.7. The third-order valence-corrected chi connectivity index (χ3v) is 5.20. The highest BCUT2D eigenvalue weighted by Gasteiger charge is 2.27. The van der Waals surface area contributed by atoms with Crippen molar-refractivity contribution < 1.29 is 5.11 Å². The summed E-state index contributed by atoms with van der Waals surface area (Å²) in [5, 5.41) is 23.0. The number of nitrogen functional groups attached to an aromatic ring is 1. The van der Waals surface area contributed by atoms with Gasteiger partial charge >= 0.3 is 0 Å². The Morgan fingerprint density at radius 3 is 2.65 bits per heavy atom. The minimum absolute atomic E-state index is 0.114. The number of aromatic nitrogens is 2. The summed E-state index contributed by atoms with van der Waals surface area (Å²) in [7, 11) is 1.98. The van der Waals surface area contributed by atoms with Crippen LogP contribution in [-0.2, 0) is 0 Å². The third kappa shape index (κ3) is 3.63. The first-order chi connectivity index (χ1) is 12.5. The number of nitrogens with two attached hydrogens (primary N) is 1. The number of benzene rings is 1. The van der Waals surface area contributed by atoms with Crippen LogP contribution in [0.15, 0.2) is 18.2 Å². The summed E-state index contributed by atoms with van der Waals surface area (Å²) in [4.78, 5) is 8.97. The van der Waals surface area contributed by atoms with Gasteiger partial charge in [-0.05, 0) is 64.3 Å². The Morgan fingerprint density at radius 1 is 1.27 bits per heavy atom. The van der Waals surface area contributed by atoms with E-state index in [0.717, 1.165) is 43.5 Å². The average molecular weight is 351 g/mol. The Bertz CT molecular complexity index is 835. The predicted molar refractivity (Wildman–Crippen MR) is 102 cm³/mol. The number of phenolic OH excluding ortho intramolecular Hbond substituents is 1. The highest BCUT2D eigenvalue weighted by Crippen LogP contribution is 2.38. The van der Waals surface area contributed by atoms with Crippen molar-refractivity contribution in [3.63, 3.8) is 0 Å². The van der Waals surface area contributed by atoms with E-state index in [9.17, 15) is 10.4 Å². The van der Waals surface area contributed by atoms with E-state index in [4.69, 9.17) is 5.73 Å². The highest BCUT2D eigenvalue weighted by atomic mass is 16.3. The summed E-state index contributed by atoms with van der Waals surface area (Å²) in [5.41, 5.74) is 8.71. The fourth-order valence-corrected chi connectivity index (χ4v) is 3.78. The number of aromatic hydroxyl groups is 1. The van der Waals surface area contributed by atoms with Gasteiger partial charge in [-0.15, -0.1) is 0 Å². The number of nitriles is 1. The highest BCUT2D eigenvalue weighted by molar-refractivity contribution is 5.67. The Labute approximate surface area is 154 Å². The summed E-state index contributed by atoms with van der Waals surface area (Å²) in [6.45, 7) is 2.96. The second kappa shape index (κ2) is 7.71. The van der Waals surface area contributed by atoms with E-state index in [0.29, 0.717) is 22.9 Å². The predicted octanol–water partition coefficient (Wildman–Crippen LogP) is 3.10. The topological polar surface area (TPSA) is 108 Å². The molecule has 1 aliphatic rings. The number of anilines is 1. The van der Waals surface area contributed by atoms with E-state index in [2.05, 4.69) is 21.4 Å². The molecule has 0 spiro atoms. The number of hydrogen-bond acceptors (Lipinski definition) is 6. The molecule has 1 aliphatic carbocycles. The lowest BCUT2D eigenvalue weighted by atomic mass is 9.79. The van der Waals surface area contributed by atoms with Gasteiger partial charge < -0.3 is 16.2 Å². The van der Waals surface area contributed by atoms with Crippen LogP contribution in [0, 0.1) is 24.2 Å². The lowest BCUT2D eigenvalue weighted by molar-refractivity contribution is 0.316. The fourth-order valence-electron chi connectivity index (χ4n) is 3.78. The van der Waals surface area contributed by atoms with Gasteiger partial charge in [-0.25, -0.2) is 9.97 Å². The van der Waals surface area contributed by atoms with Gasteiger partial charge in [0, 0.05) is 5.92 Å². The maximum absolute atomic E-state index is 10.2. The lowest BCUT2D eigenvalue weighted by Crippen LogP contribution is -2.24. The van der Waals surface area contributed by atoms with Crippen molar-refractivity contribution in [2.75, 3.05) is 19.3 Å². The van der Waals surface area contributed by atoms with Crippen molar-refractivity contribution in [1.82, 2.24) is 15.3 Å². The molecule has 2 aromatic rings. The van der Waals surface area contributed by atoms with Gasteiger partial charge in [-0.2, -0.15) is 5.26 Å². The van der Waals surface area contributed by atoms with Crippen LogP contribution in [0.25, 0.3) is 11.4 Å². The number of nitrogens with one attached hydrogen (secondary N) is 1. The molecule has 0 radical (unpaired) electrons. The molecule has 6 heteroatoms. The summed E-state index contributed by atoms with van der Waals surface area (Å²) < 4.78 is 0. The molecule has 0 unspecified atom stereocenters. The Hall–Kier alpha value is -2.65. The minimum atomic E-state index is 0.114. The molecule has 1 fully saturated rings. The standard InChI is InChI=1S/C20H25N5O/c1-12-3-8-17(26)15(9-12)20-24-18(16(10-21)19(22)25-20)14-6-4-13(5-7-14)11-23-2/h3,8-9,13-14,23,26H,4-7,11H2,1-2H3,(H2,22,24,25). The number of nitrogens with zero attached hydrogens (tertiary/aromatic N) is 3. The van der Waals surface area contributed by atoms with E-state index in [1.807, 2.05) is 26.1 Å². The molecular formula is C20H25N5O. The maximum Gasteiger partial charge on any atom is 0.165 e. The Balaban J connectivity index is 1.99. The molecule has 0 amide bonds. The van der Waals surface area contributed by atoms with Crippen LogP contribution in [-0.4, -0.2) is 28.7 Å². The molecule has 6 nitrogen and oxygen atoms in total. The van der Waals surface area contributed by atoms with Crippen LogP contribution in [0.2, 0.25) is 0 Å². The van der Waals surface area contributed by atoms with Gasteiger partial charge in [0.25, 0.3) is 0 Å². The second-order valence-corrected chi connectivity index (χ2v) is 7.10. The first-order valence-corrected chi connectivity index (χ1v) is 9.05. The monoisotopic (exact) mass is 351 g/mol. The van der Waals surface area contributed by atoms with Gasteiger partial charge in [0.05, 0.1) is 11.3 Å². The molecule has 0 saturated heterocycles. The third-order valence-electron chi connectivity index (χ3n) is 5.20. The first kappa shape index (κ1) is 18.2. The van der Waals surface area contributed by atoms with Crippen molar-refractivity contribution in [2.24, 2.45) is 5.92 Å².